The van der Waals surface area contributed by atoms with Crippen LogP contribution < -0.4 is 9.47 Å². The lowest BCUT2D eigenvalue weighted by molar-refractivity contribution is 0.258. The fourth-order valence-electron chi connectivity index (χ4n) is 2.80. The van der Waals surface area contributed by atoms with Gasteiger partial charge in [0, 0.05) is 6.21 Å². The predicted octanol–water partition coefficient (Wildman–Crippen LogP) is 4.00. The van der Waals surface area contributed by atoms with Crippen molar-refractivity contribution in [2.75, 3.05) is 19.8 Å². The van der Waals surface area contributed by atoms with Crippen molar-refractivity contribution >= 4 is 16.2 Å². The van der Waals surface area contributed by atoms with Gasteiger partial charge in [-0.15, -0.1) is 0 Å². The van der Waals surface area contributed by atoms with Crippen LogP contribution in [0.1, 0.15) is 31.2 Å². The monoisotopic (exact) mass is 402 g/mol. The molecule has 150 valence electrons. The highest BCUT2D eigenvalue weighted by molar-refractivity contribution is 7.89. The molecule has 3 rings (SSSR count). The SMILES string of the molecule is Cc1ccc(S(=O)(=O)N2CCCCOc3ccccc3OCCC/C=N/2)cc1. The van der Waals surface area contributed by atoms with Crippen molar-refractivity contribution in [3.8, 4) is 11.5 Å². The van der Waals surface area contributed by atoms with Crippen molar-refractivity contribution in [1.82, 2.24) is 4.41 Å². The molecule has 1 heterocycles. The maximum atomic E-state index is 13.0. The van der Waals surface area contributed by atoms with Crippen LogP contribution in [0.2, 0.25) is 0 Å². The Morgan fingerprint density at radius 1 is 0.893 bits per heavy atom. The molecule has 0 aliphatic carbocycles. The van der Waals surface area contributed by atoms with Crippen LogP contribution in [-0.2, 0) is 10.0 Å². The van der Waals surface area contributed by atoms with Crippen molar-refractivity contribution in [2.45, 2.75) is 37.5 Å². The molecule has 7 heteroatoms. The molecule has 0 aromatic heterocycles. The number of sulfonamides is 1. The first kappa shape index (κ1) is 20.2. The van der Waals surface area contributed by atoms with E-state index >= 15 is 0 Å². The minimum absolute atomic E-state index is 0.255. The maximum absolute atomic E-state index is 13.0. The molecule has 0 amide bonds. The summed E-state index contributed by atoms with van der Waals surface area (Å²) in [5.74, 6) is 1.46. The van der Waals surface area contributed by atoms with Gasteiger partial charge in [-0.1, -0.05) is 29.8 Å². The van der Waals surface area contributed by atoms with E-state index in [-0.39, 0.29) is 4.90 Å². The summed E-state index contributed by atoms with van der Waals surface area (Å²) < 4.78 is 38.7. The summed E-state index contributed by atoms with van der Waals surface area (Å²) in [6, 6.07) is 14.4. The van der Waals surface area contributed by atoms with Gasteiger partial charge in [0.25, 0.3) is 10.0 Å². The summed E-state index contributed by atoms with van der Waals surface area (Å²) in [5, 5.41) is 4.25. The number of para-hydroxylation sites is 2. The van der Waals surface area contributed by atoms with Gasteiger partial charge in [0.05, 0.1) is 24.7 Å². The number of fused-ring (bicyclic) bond motifs is 1. The number of rotatable bonds is 2. The normalized spacial score (nSPS) is 17.5. The fraction of sp³-hybridized carbons (Fsp3) is 0.381. The third kappa shape index (κ3) is 5.25. The molecular weight excluding hydrogens is 376 g/mol. The highest BCUT2D eigenvalue weighted by atomic mass is 32.2. The summed E-state index contributed by atoms with van der Waals surface area (Å²) in [6.07, 6.45) is 4.37. The average molecular weight is 403 g/mol. The van der Waals surface area contributed by atoms with Crippen molar-refractivity contribution < 1.29 is 17.9 Å². The molecule has 0 N–H and O–H groups in total. The van der Waals surface area contributed by atoms with Crippen LogP contribution in [0.15, 0.2) is 58.5 Å². The number of hydrogen-bond acceptors (Lipinski definition) is 5. The number of ether oxygens (including phenoxy) is 2. The van der Waals surface area contributed by atoms with E-state index in [4.69, 9.17) is 9.47 Å². The Morgan fingerprint density at radius 3 is 2.21 bits per heavy atom. The summed E-state index contributed by atoms with van der Waals surface area (Å²) in [6.45, 7) is 3.24. The van der Waals surface area contributed by atoms with E-state index in [1.54, 1.807) is 30.5 Å². The van der Waals surface area contributed by atoms with Crippen molar-refractivity contribution in [3.63, 3.8) is 0 Å². The van der Waals surface area contributed by atoms with E-state index in [9.17, 15) is 8.42 Å². The zero-order valence-corrected chi connectivity index (χ0v) is 16.9. The van der Waals surface area contributed by atoms with Gasteiger partial charge >= 0.3 is 0 Å². The van der Waals surface area contributed by atoms with E-state index in [1.165, 1.54) is 4.41 Å². The Labute approximate surface area is 166 Å². The van der Waals surface area contributed by atoms with Gasteiger partial charge in [-0.25, -0.2) is 0 Å². The molecule has 0 spiro atoms. The van der Waals surface area contributed by atoms with E-state index in [0.29, 0.717) is 39.0 Å². The van der Waals surface area contributed by atoms with Gasteiger partial charge in [-0.2, -0.15) is 17.9 Å². The number of aryl methyl sites for hydroxylation is 1. The Morgan fingerprint density at radius 2 is 1.54 bits per heavy atom. The lowest BCUT2D eigenvalue weighted by Gasteiger charge is -2.20. The molecule has 0 atom stereocenters. The second kappa shape index (κ2) is 9.59. The second-order valence-electron chi connectivity index (χ2n) is 6.65. The number of hydrazone groups is 1. The van der Waals surface area contributed by atoms with Crippen molar-refractivity contribution in [2.24, 2.45) is 5.10 Å². The van der Waals surface area contributed by atoms with E-state index < -0.39 is 10.0 Å². The van der Waals surface area contributed by atoms with Crippen LogP contribution in [0.25, 0.3) is 0 Å². The van der Waals surface area contributed by atoms with Gasteiger partial charge in [0.2, 0.25) is 0 Å². The second-order valence-corrected chi connectivity index (χ2v) is 8.50. The molecule has 0 bridgehead atoms. The summed E-state index contributed by atoms with van der Waals surface area (Å²) in [4.78, 5) is 0.255. The summed E-state index contributed by atoms with van der Waals surface area (Å²) in [7, 11) is -3.67. The van der Waals surface area contributed by atoms with E-state index in [1.807, 2.05) is 31.2 Å². The topological polar surface area (TPSA) is 68.2 Å². The third-order valence-electron chi connectivity index (χ3n) is 4.39. The first-order valence-electron chi connectivity index (χ1n) is 9.54. The lowest BCUT2D eigenvalue weighted by atomic mass is 10.2. The number of hydrogen-bond donors (Lipinski definition) is 0. The van der Waals surface area contributed by atoms with Crippen molar-refractivity contribution in [3.05, 3.63) is 54.1 Å². The molecule has 2 aromatic carbocycles. The Hall–Kier alpha value is -2.54. The smallest absolute Gasteiger partial charge is 0.278 e. The first-order valence-corrected chi connectivity index (χ1v) is 11.0. The molecular formula is C21H26N2O4S. The van der Waals surface area contributed by atoms with Crippen LogP contribution in [0.3, 0.4) is 0 Å². The van der Waals surface area contributed by atoms with Gasteiger partial charge in [0.15, 0.2) is 11.5 Å². The molecule has 0 radical (unpaired) electrons. The molecule has 1 aliphatic heterocycles. The maximum Gasteiger partial charge on any atom is 0.278 e. The average Bonchev–Trinajstić information content (AvgIpc) is 2.69. The molecule has 0 fully saturated rings. The van der Waals surface area contributed by atoms with Crippen molar-refractivity contribution in [1.29, 1.82) is 0 Å². The van der Waals surface area contributed by atoms with Crippen LogP contribution in [0.4, 0.5) is 0 Å². The summed E-state index contributed by atoms with van der Waals surface area (Å²) >= 11 is 0. The summed E-state index contributed by atoms with van der Waals surface area (Å²) in [5.41, 5.74) is 1.01. The van der Waals surface area contributed by atoms with Crippen LogP contribution >= 0.6 is 0 Å². The first-order chi connectivity index (χ1) is 13.6. The Kier molecular flexibility index (Phi) is 6.92. The Balaban J connectivity index is 1.72. The zero-order valence-electron chi connectivity index (χ0n) is 16.1. The molecule has 2 aromatic rings. The van der Waals surface area contributed by atoms with E-state index in [0.717, 1.165) is 23.5 Å². The standard InChI is InChI=1S/C21H26N2O4S/c1-18-10-12-19(13-11-18)28(24,25)23-15-5-7-17-27-21-9-3-2-8-20(21)26-16-6-4-14-22-23/h2-3,8-14H,4-7,15-17H2,1H3/b22-14+. The zero-order chi connectivity index (χ0) is 19.8. The van der Waals surface area contributed by atoms with Gasteiger partial charge in [0.1, 0.15) is 0 Å². The van der Waals surface area contributed by atoms with Gasteiger partial charge in [-0.3, -0.25) is 0 Å². The molecule has 6 nitrogen and oxygen atoms in total. The molecule has 0 unspecified atom stereocenters. The lowest BCUT2D eigenvalue weighted by Crippen LogP contribution is -2.27. The van der Waals surface area contributed by atoms with Gasteiger partial charge < -0.3 is 9.47 Å². The van der Waals surface area contributed by atoms with Crippen LogP contribution in [0.5, 0.6) is 11.5 Å². The molecule has 1 aliphatic rings. The third-order valence-corrected chi connectivity index (χ3v) is 6.09. The highest BCUT2D eigenvalue weighted by Gasteiger charge is 2.22. The van der Waals surface area contributed by atoms with E-state index in [2.05, 4.69) is 5.10 Å². The van der Waals surface area contributed by atoms with Gasteiger partial charge in [-0.05, 0) is 56.9 Å². The van der Waals surface area contributed by atoms with Crippen LogP contribution in [-0.4, -0.2) is 38.8 Å². The number of nitrogens with zero attached hydrogens (tertiary/aromatic N) is 2. The minimum Gasteiger partial charge on any atom is -0.490 e. The molecule has 0 saturated carbocycles. The molecule has 28 heavy (non-hydrogen) atoms. The van der Waals surface area contributed by atoms with Crippen LogP contribution in [0, 0.1) is 6.92 Å². The number of benzene rings is 2. The molecule has 0 saturated heterocycles. The highest BCUT2D eigenvalue weighted by Crippen LogP contribution is 2.27. The Bertz CT molecular complexity index is 895. The predicted molar refractivity (Wildman–Crippen MR) is 109 cm³/mol. The largest absolute Gasteiger partial charge is 0.490 e. The fourth-order valence-corrected chi connectivity index (χ4v) is 4.08. The quantitative estimate of drug-likeness (QED) is 0.761. The minimum atomic E-state index is -3.67.